The number of para-hydroxylation sites is 1. The second-order valence-corrected chi connectivity index (χ2v) is 5.63. The van der Waals surface area contributed by atoms with Gasteiger partial charge in [-0.05, 0) is 61.5 Å². The van der Waals surface area contributed by atoms with E-state index in [0.717, 1.165) is 22.5 Å². The standard InChI is InChI=1S/C17H20N4OS/c1-12-8-13(2)10-15(9-12)19-17(23)21-20-16(22)11-18-14-6-4-3-5-7-14/h3-10,18H,11H2,1-2H3,(H,20,22)(H2,19,21,23). The Morgan fingerprint density at radius 2 is 1.61 bits per heavy atom. The van der Waals surface area contributed by atoms with E-state index in [-0.39, 0.29) is 12.5 Å². The van der Waals surface area contributed by atoms with Gasteiger partial charge in [0.15, 0.2) is 5.11 Å². The number of carbonyl (C=O) groups excluding carboxylic acids is 1. The number of carbonyl (C=O) groups is 1. The van der Waals surface area contributed by atoms with Gasteiger partial charge in [0.25, 0.3) is 5.91 Å². The summed E-state index contributed by atoms with van der Waals surface area (Å²) in [6.45, 7) is 4.19. The van der Waals surface area contributed by atoms with Crippen LogP contribution in [-0.2, 0) is 4.79 Å². The van der Waals surface area contributed by atoms with Gasteiger partial charge in [0.2, 0.25) is 0 Å². The first-order chi connectivity index (χ1) is 11.0. The Morgan fingerprint density at radius 1 is 0.957 bits per heavy atom. The van der Waals surface area contributed by atoms with Crippen molar-refractivity contribution < 1.29 is 4.79 Å². The van der Waals surface area contributed by atoms with Crippen LogP contribution in [0.5, 0.6) is 0 Å². The molecule has 2 rings (SSSR count). The number of hydrazine groups is 1. The molecule has 120 valence electrons. The zero-order valence-corrected chi connectivity index (χ0v) is 14.0. The maximum absolute atomic E-state index is 11.8. The molecule has 2 aromatic rings. The van der Waals surface area contributed by atoms with E-state index in [1.807, 2.05) is 56.3 Å². The van der Waals surface area contributed by atoms with E-state index < -0.39 is 0 Å². The van der Waals surface area contributed by atoms with Gasteiger partial charge in [0.05, 0.1) is 6.54 Å². The topological polar surface area (TPSA) is 65.2 Å². The number of hydrogen-bond donors (Lipinski definition) is 4. The van der Waals surface area contributed by atoms with Gasteiger partial charge in [0, 0.05) is 11.4 Å². The lowest BCUT2D eigenvalue weighted by Gasteiger charge is -2.13. The quantitative estimate of drug-likeness (QED) is 0.513. The van der Waals surface area contributed by atoms with Crippen LogP contribution in [0.3, 0.4) is 0 Å². The third-order valence-electron chi connectivity index (χ3n) is 3.02. The molecule has 0 saturated heterocycles. The number of amides is 1. The van der Waals surface area contributed by atoms with Crippen molar-refractivity contribution in [3.63, 3.8) is 0 Å². The van der Waals surface area contributed by atoms with E-state index in [1.54, 1.807) is 0 Å². The van der Waals surface area contributed by atoms with Crippen molar-refractivity contribution >= 4 is 34.6 Å². The first-order valence-electron chi connectivity index (χ1n) is 7.26. The normalized spacial score (nSPS) is 9.83. The molecular weight excluding hydrogens is 308 g/mol. The van der Waals surface area contributed by atoms with Crippen molar-refractivity contribution in [3.8, 4) is 0 Å². The zero-order chi connectivity index (χ0) is 16.7. The van der Waals surface area contributed by atoms with Crippen LogP contribution in [-0.4, -0.2) is 17.6 Å². The van der Waals surface area contributed by atoms with Crippen LogP contribution in [0.4, 0.5) is 11.4 Å². The molecule has 1 amide bonds. The van der Waals surface area contributed by atoms with Gasteiger partial charge < -0.3 is 10.6 Å². The fourth-order valence-corrected chi connectivity index (χ4v) is 2.29. The minimum atomic E-state index is -0.210. The van der Waals surface area contributed by atoms with Crippen molar-refractivity contribution in [1.29, 1.82) is 0 Å². The van der Waals surface area contributed by atoms with Crippen LogP contribution in [0.1, 0.15) is 11.1 Å². The number of aryl methyl sites for hydroxylation is 2. The second-order valence-electron chi connectivity index (χ2n) is 5.22. The van der Waals surface area contributed by atoms with E-state index in [1.165, 1.54) is 0 Å². The number of rotatable bonds is 4. The summed E-state index contributed by atoms with van der Waals surface area (Å²) in [6, 6.07) is 15.6. The molecule has 0 aliphatic carbocycles. The maximum atomic E-state index is 11.8. The predicted octanol–water partition coefficient (Wildman–Crippen LogP) is 2.73. The Balaban J connectivity index is 1.74. The number of thiocarbonyl (C=S) groups is 1. The molecule has 0 aliphatic heterocycles. The van der Waals surface area contributed by atoms with Gasteiger partial charge in [-0.3, -0.25) is 15.6 Å². The average molecular weight is 328 g/mol. The lowest BCUT2D eigenvalue weighted by Crippen LogP contribution is -2.45. The lowest BCUT2D eigenvalue weighted by molar-refractivity contribution is -0.119. The van der Waals surface area contributed by atoms with Crippen LogP contribution in [0.25, 0.3) is 0 Å². The van der Waals surface area contributed by atoms with Crippen LogP contribution < -0.4 is 21.5 Å². The first-order valence-corrected chi connectivity index (χ1v) is 7.67. The number of anilines is 2. The van der Waals surface area contributed by atoms with Crippen LogP contribution in [0, 0.1) is 13.8 Å². The molecule has 0 heterocycles. The number of hydrogen-bond acceptors (Lipinski definition) is 3. The molecule has 0 radical (unpaired) electrons. The molecule has 4 N–H and O–H groups in total. The molecule has 0 bridgehead atoms. The Hall–Kier alpha value is -2.60. The van der Waals surface area contributed by atoms with Crippen LogP contribution >= 0.6 is 12.2 Å². The molecule has 0 spiro atoms. The third kappa shape index (κ3) is 5.96. The summed E-state index contributed by atoms with van der Waals surface area (Å²) in [5.41, 5.74) is 9.30. The molecule has 0 atom stereocenters. The molecule has 5 nitrogen and oxygen atoms in total. The number of nitrogens with one attached hydrogen (secondary N) is 4. The highest BCUT2D eigenvalue weighted by molar-refractivity contribution is 7.80. The monoisotopic (exact) mass is 328 g/mol. The van der Waals surface area contributed by atoms with E-state index in [9.17, 15) is 4.79 Å². The van der Waals surface area contributed by atoms with Crippen molar-refractivity contribution in [2.75, 3.05) is 17.2 Å². The molecular formula is C17H20N4OS. The van der Waals surface area contributed by atoms with Gasteiger partial charge in [0.1, 0.15) is 0 Å². The molecule has 6 heteroatoms. The zero-order valence-electron chi connectivity index (χ0n) is 13.1. The van der Waals surface area contributed by atoms with Gasteiger partial charge in [-0.1, -0.05) is 24.3 Å². The summed E-state index contributed by atoms with van der Waals surface area (Å²) in [6.07, 6.45) is 0. The average Bonchev–Trinajstić information content (AvgIpc) is 2.51. The predicted molar refractivity (Wildman–Crippen MR) is 98.3 cm³/mol. The van der Waals surface area contributed by atoms with E-state index in [4.69, 9.17) is 12.2 Å². The van der Waals surface area contributed by atoms with Crippen molar-refractivity contribution in [3.05, 3.63) is 59.7 Å². The van der Waals surface area contributed by atoms with Crippen LogP contribution in [0.2, 0.25) is 0 Å². The molecule has 0 aliphatic rings. The summed E-state index contributed by atoms with van der Waals surface area (Å²) in [5.74, 6) is -0.210. The summed E-state index contributed by atoms with van der Waals surface area (Å²) in [7, 11) is 0. The summed E-state index contributed by atoms with van der Waals surface area (Å²) in [5, 5.41) is 6.39. The Labute approximate surface area is 141 Å². The first kappa shape index (κ1) is 16.8. The van der Waals surface area contributed by atoms with Crippen molar-refractivity contribution in [1.82, 2.24) is 10.9 Å². The molecule has 2 aromatic carbocycles. The highest BCUT2D eigenvalue weighted by Gasteiger charge is 2.03. The van der Waals surface area contributed by atoms with Crippen LogP contribution in [0.15, 0.2) is 48.5 Å². The van der Waals surface area contributed by atoms with Gasteiger partial charge in [-0.2, -0.15) is 0 Å². The van der Waals surface area contributed by atoms with Gasteiger partial charge in [-0.15, -0.1) is 0 Å². The highest BCUT2D eigenvalue weighted by atomic mass is 32.1. The SMILES string of the molecule is Cc1cc(C)cc(NC(=S)NNC(=O)CNc2ccccc2)c1. The minimum absolute atomic E-state index is 0.156. The van der Waals surface area contributed by atoms with Crippen molar-refractivity contribution in [2.24, 2.45) is 0 Å². The van der Waals surface area contributed by atoms with Crippen molar-refractivity contribution in [2.45, 2.75) is 13.8 Å². The van der Waals surface area contributed by atoms with Gasteiger partial charge in [-0.25, -0.2) is 0 Å². The lowest BCUT2D eigenvalue weighted by atomic mass is 10.1. The Kier molecular flexibility index (Phi) is 5.94. The molecule has 0 fully saturated rings. The summed E-state index contributed by atoms with van der Waals surface area (Å²) < 4.78 is 0. The molecule has 0 unspecified atom stereocenters. The fraction of sp³-hybridized carbons (Fsp3) is 0.176. The smallest absolute Gasteiger partial charge is 0.257 e. The van der Waals surface area contributed by atoms with E-state index in [0.29, 0.717) is 5.11 Å². The minimum Gasteiger partial charge on any atom is -0.376 e. The third-order valence-corrected chi connectivity index (χ3v) is 3.23. The van der Waals surface area contributed by atoms with E-state index in [2.05, 4.69) is 27.6 Å². The maximum Gasteiger partial charge on any atom is 0.257 e. The second kappa shape index (κ2) is 8.14. The van der Waals surface area contributed by atoms with Gasteiger partial charge >= 0.3 is 0 Å². The molecule has 0 aromatic heterocycles. The molecule has 23 heavy (non-hydrogen) atoms. The number of benzene rings is 2. The highest BCUT2D eigenvalue weighted by Crippen LogP contribution is 2.13. The van der Waals surface area contributed by atoms with E-state index >= 15 is 0 Å². The summed E-state index contributed by atoms with van der Waals surface area (Å²) in [4.78, 5) is 11.8. The summed E-state index contributed by atoms with van der Waals surface area (Å²) >= 11 is 5.16. The Morgan fingerprint density at radius 3 is 2.26 bits per heavy atom. The largest absolute Gasteiger partial charge is 0.376 e. The fourth-order valence-electron chi connectivity index (χ4n) is 2.12. The Bertz CT molecular complexity index is 668. The molecule has 0 saturated carbocycles.